The van der Waals surface area contributed by atoms with Crippen LogP contribution in [0.1, 0.15) is 12.8 Å². The Morgan fingerprint density at radius 2 is 1.71 bits per heavy atom. The molecule has 0 bridgehead atoms. The third-order valence-corrected chi connectivity index (χ3v) is 4.07. The van der Waals surface area contributed by atoms with Gasteiger partial charge in [0.05, 0.1) is 0 Å². The molecule has 1 saturated carbocycles. The molecule has 2 N–H and O–H groups in total. The second-order valence-corrected chi connectivity index (χ2v) is 6.55. The van der Waals surface area contributed by atoms with Gasteiger partial charge in [-0.3, -0.25) is 9.59 Å². The molecule has 5 nitrogen and oxygen atoms in total. The standard InChI is InChI=1S/C18H17BrN2O3/c19-13-6-8-16(9-7-13)24-11-17(22)20-14-2-1-3-15(10-14)21-18(23)12-4-5-12/h1-3,6-10,12H,4-5,11H2,(H,20,22)(H,21,23). The van der Waals surface area contributed by atoms with Gasteiger partial charge in [0.2, 0.25) is 5.91 Å². The zero-order valence-corrected chi connectivity index (χ0v) is 14.5. The van der Waals surface area contributed by atoms with E-state index < -0.39 is 0 Å². The average Bonchev–Trinajstić information content (AvgIpc) is 3.40. The summed E-state index contributed by atoms with van der Waals surface area (Å²) in [5.74, 6) is 0.544. The van der Waals surface area contributed by atoms with E-state index in [2.05, 4.69) is 26.6 Å². The van der Waals surface area contributed by atoms with Gasteiger partial charge in [-0.2, -0.15) is 0 Å². The summed E-state index contributed by atoms with van der Waals surface area (Å²) in [6.07, 6.45) is 1.91. The molecule has 0 radical (unpaired) electrons. The van der Waals surface area contributed by atoms with Crippen molar-refractivity contribution in [1.82, 2.24) is 0 Å². The van der Waals surface area contributed by atoms with Crippen molar-refractivity contribution in [2.24, 2.45) is 5.92 Å². The van der Waals surface area contributed by atoms with E-state index in [1.54, 1.807) is 36.4 Å². The van der Waals surface area contributed by atoms with E-state index in [0.717, 1.165) is 17.3 Å². The number of benzene rings is 2. The molecule has 24 heavy (non-hydrogen) atoms. The minimum atomic E-state index is -0.261. The van der Waals surface area contributed by atoms with E-state index in [1.165, 1.54) is 0 Å². The first-order valence-electron chi connectivity index (χ1n) is 7.69. The number of hydrogen-bond acceptors (Lipinski definition) is 3. The molecule has 1 aliphatic rings. The van der Waals surface area contributed by atoms with Crippen molar-refractivity contribution in [3.05, 3.63) is 53.0 Å². The van der Waals surface area contributed by atoms with E-state index in [4.69, 9.17) is 4.74 Å². The van der Waals surface area contributed by atoms with E-state index in [9.17, 15) is 9.59 Å². The molecule has 0 spiro atoms. The zero-order chi connectivity index (χ0) is 16.9. The summed E-state index contributed by atoms with van der Waals surface area (Å²) in [5, 5.41) is 5.61. The van der Waals surface area contributed by atoms with Gasteiger partial charge in [-0.05, 0) is 55.3 Å². The lowest BCUT2D eigenvalue weighted by Crippen LogP contribution is -2.20. The molecule has 0 aliphatic heterocycles. The maximum absolute atomic E-state index is 12.0. The number of carbonyl (C=O) groups is 2. The maximum atomic E-state index is 12.0. The second-order valence-electron chi connectivity index (χ2n) is 5.64. The minimum Gasteiger partial charge on any atom is -0.484 e. The first-order chi connectivity index (χ1) is 11.6. The lowest BCUT2D eigenvalue weighted by atomic mass is 10.2. The van der Waals surface area contributed by atoms with Crippen LogP contribution in [0.3, 0.4) is 0 Å². The molecule has 3 rings (SSSR count). The summed E-state index contributed by atoms with van der Waals surface area (Å²) in [4.78, 5) is 23.7. The Morgan fingerprint density at radius 3 is 2.38 bits per heavy atom. The molecule has 0 aromatic heterocycles. The number of nitrogens with one attached hydrogen (secondary N) is 2. The molecule has 2 amide bonds. The van der Waals surface area contributed by atoms with Crippen molar-refractivity contribution in [3.63, 3.8) is 0 Å². The van der Waals surface area contributed by atoms with E-state index >= 15 is 0 Å². The SMILES string of the molecule is O=C(COc1ccc(Br)cc1)Nc1cccc(NC(=O)C2CC2)c1. The topological polar surface area (TPSA) is 67.4 Å². The first-order valence-corrected chi connectivity index (χ1v) is 8.48. The molecular formula is C18H17BrN2O3. The Balaban J connectivity index is 1.51. The fraction of sp³-hybridized carbons (Fsp3) is 0.222. The number of hydrogen-bond donors (Lipinski definition) is 2. The second kappa shape index (κ2) is 7.49. The number of anilines is 2. The molecule has 1 aliphatic carbocycles. The van der Waals surface area contributed by atoms with Gasteiger partial charge in [0, 0.05) is 21.8 Å². The Morgan fingerprint density at radius 1 is 1.04 bits per heavy atom. The summed E-state index contributed by atoms with van der Waals surface area (Å²) in [5.41, 5.74) is 1.30. The predicted octanol–water partition coefficient (Wildman–Crippen LogP) is 3.82. The van der Waals surface area contributed by atoms with Crippen molar-refractivity contribution in [2.45, 2.75) is 12.8 Å². The van der Waals surface area contributed by atoms with Crippen LogP contribution in [0.2, 0.25) is 0 Å². The van der Waals surface area contributed by atoms with Crippen LogP contribution in [-0.2, 0) is 9.59 Å². The molecular weight excluding hydrogens is 372 g/mol. The molecule has 6 heteroatoms. The largest absolute Gasteiger partial charge is 0.484 e. The molecule has 2 aromatic carbocycles. The van der Waals surface area contributed by atoms with Crippen molar-refractivity contribution < 1.29 is 14.3 Å². The van der Waals surface area contributed by atoms with Crippen LogP contribution in [0, 0.1) is 5.92 Å². The lowest BCUT2D eigenvalue weighted by Gasteiger charge is -2.09. The van der Waals surface area contributed by atoms with Crippen LogP contribution in [0.25, 0.3) is 0 Å². The summed E-state index contributed by atoms with van der Waals surface area (Å²) in [6, 6.07) is 14.3. The summed E-state index contributed by atoms with van der Waals surface area (Å²) < 4.78 is 6.38. The van der Waals surface area contributed by atoms with E-state index in [-0.39, 0.29) is 24.3 Å². The number of rotatable bonds is 6. The Labute approximate surface area is 148 Å². The fourth-order valence-electron chi connectivity index (χ4n) is 2.14. The highest BCUT2D eigenvalue weighted by molar-refractivity contribution is 9.10. The van der Waals surface area contributed by atoms with Gasteiger partial charge in [-0.15, -0.1) is 0 Å². The van der Waals surface area contributed by atoms with Crippen molar-refractivity contribution >= 4 is 39.1 Å². The van der Waals surface area contributed by atoms with Gasteiger partial charge in [0.15, 0.2) is 6.61 Å². The Hall–Kier alpha value is -2.34. The highest BCUT2D eigenvalue weighted by atomic mass is 79.9. The number of amides is 2. The van der Waals surface area contributed by atoms with E-state index in [1.807, 2.05) is 12.1 Å². The van der Waals surface area contributed by atoms with Gasteiger partial charge >= 0.3 is 0 Å². The molecule has 1 fully saturated rings. The van der Waals surface area contributed by atoms with Crippen LogP contribution in [-0.4, -0.2) is 18.4 Å². The Bertz CT molecular complexity index is 742. The number of carbonyl (C=O) groups excluding carboxylic acids is 2. The highest BCUT2D eigenvalue weighted by Gasteiger charge is 2.29. The van der Waals surface area contributed by atoms with Crippen LogP contribution < -0.4 is 15.4 Å². The van der Waals surface area contributed by atoms with Crippen LogP contribution in [0.4, 0.5) is 11.4 Å². The quantitative estimate of drug-likeness (QED) is 0.790. The third kappa shape index (κ3) is 4.83. The van der Waals surface area contributed by atoms with Gasteiger partial charge < -0.3 is 15.4 Å². The predicted molar refractivity (Wildman–Crippen MR) is 96.1 cm³/mol. The lowest BCUT2D eigenvalue weighted by molar-refractivity contribution is -0.118. The maximum Gasteiger partial charge on any atom is 0.262 e. The van der Waals surface area contributed by atoms with Gasteiger partial charge in [-0.25, -0.2) is 0 Å². The monoisotopic (exact) mass is 388 g/mol. The van der Waals surface area contributed by atoms with Crippen molar-refractivity contribution in [1.29, 1.82) is 0 Å². The van der Waals surface area contributed by atoms with Gasteiger partial charge in [0.1, 0.15) is 5.75 Å². The molecule has 0 saturated heterocycles. The average molecular weight is 389 g/mol. The first kappa shape index (κ1) is 16.5. The van der Waals surface area contributed by atoms with Crippen molar-refractivity contribution in [2.75, 3.05) is 17.2 Å². The third-order valence-electron chi connectivity index (χ3n) is 3.55. The fourth-order valence-corrected chi connectivity index (χ4v) is 2.41. The molecule has 0 atom stereocenters. The minimum absolute atomic E-state index is 0.0389. The summed E-state index contributed by atoms with van der Waals surface area (Å²) in [6.45, 7) is -0.0830. The van der Waals surface area contributed by atoms with E-state index in [0.29, 0.717) is 17.1 Å². The smallest absolute Gasteiger partial charge is 0.262 e. The Kier molecular flexibility index (Phi) is 5.15. The van der Waals surface area contributed by atoms with Gasteiger partial charge in [0.25, 0.3) is 5.91 Å². The van der Waals surface area contributed by atoms with Crippen LogP contribution in [0.15, 0.2) is 53.0 Å². The number of ether oxygens (including phenoxy) is 1. The normalized spacial score (nSPS) is 13.2. The highest BCUT2D eigenvalue weighted by Crippen LogP contribution is 2.30. The summed E-state index contributed by atoms with van der Waals surface area (Å²) >= 11 is 3.34. The van der Waals surface area contributed by atoms with Gasteiger partial charge in [-0.1, -0.05) is 22.0 Å². The van der Waals surface area contributed by atoms with Crippen molar-refractivity contribution in [3.8, 4) is 5.75 Å². The molecule has 124 valence electrons. The molecule has 2 aromatic rings. The number of halogens is 1. The van der Waals surface area contributed by atoms with Crippen LogP contribution in [0.5, 0.6) is 5.75 Å². The summed E-state index contributed by atoms with van der Waals surface area (Å²) in [7, 11) is 0. The van der Waals surface area contributed by atoms with Crippen LogP contribution >= 0.6 is 15.9 Å². The molecule has 0 heterocycles. The zero-order valence-electron chi connectivity index (χ0n) is 12.9. The molecule has 0 unspecified atom stereocenters.